The highest BCUT2D eigenvalue weighted by atomic mass is 15.0. The molecule has 0 unspecified atom stereocenters. The number of benzene rings is 3. The number of para-hydroxylation sites is 3. The van der Waals surface area contributed by atoms with Crippen LogP contribution in [0.3, 0.4) is 0 Å². The van der Waals surface area contributed by atoms with Gasteiger partial charge in [-0.2, -0.15) is 5.26 Å². The molecular weight excluding hydrogens is 267 g/mol. The average Bonchev–Trinajstić information content (AvgIpc) is 2.89. The summed E-state index contributed by atoms with van der Waals surface area (Å²) in [5, 5.41) is 11.8. The van der Waals surface area contributed by atoms with Gasteiger partial charge in [-0.05, 0) is 18.2 Å². The van der Waals surface area contributed by atoms with E-state index in [1.165, 1.54) is 0 Å². The summed E-state index contributed by atoms with van der Waals surface area (Å²) < 4.78 is 2.08. The largest absolute Gasteiger partial charge is 0.309 e. The summed E-state index contributed by atoms with van der Waals surface area (Å²) in [5.41, 5.74) is 4.04. The van der Waals surface area contributed by atoms with Gasteiger partial charge in [-0.25, -0.2) is 0 Å². The summed E-state index contributed by atoms with van der Waals surface area (Å²) in [5.74, 6) is 0. The predicted octanol–water partition coefficient (Wildman–Crippen LogP) is 3.45. The van der Waals surface area contributed by atoms with Gasteiger partial charge in [0, 0.05) is 10.8 Å². The minimum Gasteiger partial charge on any atom is -0.309 e. The second-order valence-corrected chi connectivity index (χ2v) is 5.22. The fourth-order valence-electron chi connectivity index (χ4n) is 3.06. The van der Waals surface area contributed by atoms with Gasteiger partial charge < -0.3 is 4.57 Å². The van der Waals surface area contributed by atoms with Crippen molar-refractivity contribution in [3.05, 3.63) is 72.3 Å². The first-order valence-electron chi connectivity index (χ1n) is 7.08. The molecule has 0 amide bonds. The molecular formula is C19H11BN2. The normalized spacial score (nSPS) is 10.9. The van der Waals surface area contributed by atoms with Crippen molar-refractivity contribution in [2.24, 2.45) is 0 Å². The molecule has 0 aliphatic rings. The number of rotatable bonds is 1. The Labute approximate surface area is 129 Å². The lowest BCUT2D eigenvalue weighted by molar-refractivity contribution is 1.18. The Bertz CT molecular complexity index is 1000. The van der Waals surface area contributed by atoms with Crippen molar-refractivity contribution in [1.29, 1.82) is 5.26 Å². The van der Waals surface area contributed by atoms with E-state index in [-0.39, 0.29) is 0 Å². The molecule has 0 aliphatic carbocycles. The summed E-state index contributed by atoms with van der Waals surface area (Å²) in [6.07, 6.45) is 0. The maximum atomic E-state index is 9.47. The van der Waals surface area contributed by atoms with Crippen LogP contribution in [0.25, 0.3) is 27.5 Å². The van der Waals surface area contributed by atoms with Crippen molar-refractivity contribution in [2.75, 3.05) is 0 Å². The summed E-state index contributed by atoms with van der Waals surface area (Å²) in [4.78, 5) is 0. The fraction of sp³-hybridized carbons (Fsp3) is 0. The Hall–Kier alpha value is -2.99. The van der Waals surface area contributed by atoms with Crippen LogP contribution in [0.4, 0.5) is 0 Å². The van der Waals surface area contributed by atoms with Crippen molar-refractivity contribution in [3.8, 4) is 11.8 Å². The molecule has 0 N–H and O–H groups in total. The number of nitrogens with zero attached hydrogens (tertiary/aromatic N) is 2. The van der Waals surface area contributed by atoms with Gasteiger partial charge in [0.05, 0.1) is 22.3 Å². The topological polar surface area (TPSA) is 28.7 Å². The lowest BCUT2D eigenvalue weighted by Gasteiger charge is -2.13. The molecule has 3 aromatic carbocycles. The maximum Gasteiger partial charge on any atom is 0.116 e. The summed E-state index contributed by atoms with van der Waals surface area (Å²) in [6.45, 7) is 0. The van der Waals surface area contributed by atoms with Gasteiger partial charge in [-0.1, -0.05) is 54.0 Å². The fourth-order valence-corrected chi connectivity index (χ4v) is 3.06. The molecule has 0 spiro atoms. The molecule has 100 valence electrons. The van der Waals surface area contributed by atoms with Crippen LogP contribution in [0.15, 0.2) is 66.7 Å². The molecule has 1 heterocycles. The highest BCUT2D eigenvalue weighted by Crippen LogP contribution is 2.31. The SMILES string of the molecule is [B]c1cccc(C#N)c1-n1c2ccccc2c2ccccc21. The highest BCUT2D eigenvalue weighted by molar-refractivity contribution is 6.35. The van der Waals surface area contributed by atoms with E-state index in [1.807, 2.05) is 36.4 Å². The molecule has 0 bridgehead atoms. The molecule has 0 fully saturated rings. The molecule has 2 nitrogen and oxygen atoms in total. The Morgan fingerprint density at radius 3 is 1.95 bits per heavy atom. The number of aromatic nitrogens is 1. The first-order chi connectivity index (χ1) is 10.8. The van der Waals surface area contributed by atoms with E-state index in [9.17, 15) is 5.26 Å². The zero-order valence-corrected chi connectivity index (χ0v) is 11.8. The molecule has 1 aromatic heterocycles. The first kappa shape index (κ1) is 12.7. The lowest BCUT2D eigenvalue weighted by Crippen LogP contribution is -2.14. The quantitative estimate of drug-likeness (QED) is 0.490. The lowest BCUT2D eigenvalue weighted by atomic mass is 9.91. The molecule has 3 heteroatoms. The molecule has 0 saturated heterocycles. The number of fused-ring (bicyclic) bond motifs is 3. The average molecular weight is 278 g/mol. The van der Waals surface area contributed by atoms with Crippen molar-refractivity contribution in [3.63, 3.8) is 0 Å². The Balaban J connectivity index is 2.27. The minimum atomic E-state index is 0.575. The third-order valence-electron chi connectivity index (χ3n) is 3.99. The van der Waals surface area contributed by atoms with Gasteiger partial charge in [0.15, 0.2) is 0 Å². The van der Waals surface area contributed by atoms with E-state index in [4.69, 9.17) is 7.85 Å². The number of nitriles is 1. The standard InChI is InChI=1S/C19H11BN2/c20-16-9-5-6-13(12-21)19(16)22-17-10-3-1-7-14(17)15-8-2-4-11-18(15)22/h1-11H. The number of hydrogen-bond acceptors (Lipinski definition) is 1. The van der Waals surface area contributed by atoms with Crippen LogP contribution in [0.1, 0.15) is 5.56 Å². The second kappa shape index (κ2) is 4.78. The molecule has 0 aliphatic heterocycles. The van der Waals surface area contributed by atoms with E-state index in [1.54, 1.807) is 6.07 Å². The first-order valence-corrected chi connectivity index (χ1v) is 7.08. The third-order valence-corrected chi connectivity index (χ3v) is 3.99. The monoisotopic (exact) mass is 278 g/mol. The van der Waals surface area contributed by atoms with Crippen molar-refractivity contribution < 1.29 is 0 Å². The predicted molar refractivity (Wildman–Crippen MR) is 90.9 cm³/mol. The van der Waals surface area contributed by atoms with Crippen LogP contribution in [0.5, 0.6) is 0 Å². The van der Waals surface area contributed by atoms with Crippen LogP contribution in [-0.4, -0.2) is 12.4 Å². The van der Waals surface area contributed by atoms with Crippen molar-refractivity contribution in [2.45, 2.75) is 0 Å². The third kappa shape index (κ3) is 1.68. The van der Waals surface area contributed by atoms with Crippen LogP contribution in [-0.2, 0) is 0 Å². The molecule has 2 radical (unpaired) electrons. The van der Waals surface area contributed by atoms with Gasteiger partial charge in [-0.15, -0.1) is 0 Å². The highest BCUT2D eigenvalue weighted by Gasteiger charge is 2.15. The zero-order chi connectivity index (χ0) is 15.1. The van der Waals surface area contributed by atoms with Gasteiger partial charge in [0.2, 0.25) is 0 Å². The van der Waals surface area contributed by atoms with E-state index < -0.39 is 0 Å². The smallest absolute Gasteiger partial charge is 0.116 e. The minimum absolute atomic E-state index is 0.575. The maximum absolute atomic E-state index is 9.47. The zero-order valence-electron chi connectivity index (χ0n) is 11.8. The molecule has 0 saturated carbocycles. The van der Waals surface area contributed by atoms with Gasteiger partial charge in [-0.3, -0.25) is 0 Å². The van der Waals surface area contributed by atoms with Crippen LogP contribution < -0.4 is 5.46 Å². The number of hydrogen-bond donors (Lipinski definition) is 0. The van der Waals surface area contributed by atoms with E-state index >= 15 is 0 Å². The van der Waals surface area contributed by atoms with Crippen LogP contribution in [0, 0.1) is 11.3 Å². The van der Waals surface area contributed by atoms with Gasteiger partial charge in [0.25, 0.3) is 0 Å². The molecule has 4 rings (SSSR count). The van der Waals surface area contributed by atoms with Gasteiger partial charge >= 0.3 is 0 Å². The van der Waals surface area contributed by atoms with E-state index in [0.717, 1.165) is 27.5 Å². The van der Waals surface area contributed by atoms with E-state index in [2.05, 4.69) is 34.9 Å². The summed E-state index contributed by atoms with van der Waals surface area (Å²) >= 11 is 0. The molecule has 0 atom stereocenters. The summed E-state index contributed by atoms with van der Waals surface area (Å²) in [7, 11) is 6.20. The van der Waals surface area contributed by atoms with Gasteiger partial charge in [0.1, 0.15) is 13.9 Å². The molecule has 22 heavy (non-hydrogen) atoms. The Morgan fingerprint density at radius 1 is 0.773 bits per heavy atom. The van der Waals surface area contributed by atoms with Crippen LogP contribution in [0.2, 0.25) is 0 Å². The second-order valence-electron chi connectivity index (χ2n) is 5.22. The Kier molecular flexibility index (Phi) is 2.77. The molecule has 4 aromatic rings. The van der Waals surface area contributed by atoms with Crippen molar-refractivity contribution in [1.82, 2.24) is 4.57 Å². The Morgan fingerprint density at radius 2 is 1.36 bits per heavy atom. The van der Waals surface area contributed by atoms with E-state index in [0.29, 0.717) is 11.0 Å². The van der Waals surface area contributed by atoms with Crippen molar-refractivity contribution >= 4 is 35.1 Å². The van der Waals surface area contributed by atoms with Crippen LogP contribution >= 0.6 is 0 Å². The summed E-state index contributed by atoms with van der Waals surface area (Å²) in [6, 6.07) is 24.1.